The molecule has 0 aliphatic carbocycles. The molecule has 3 rings (SSSR count). The normalized spacial score (nSPS) is 19.5. The lowest BCUT2D eigenvalue weighted by molar-refractivity contribution is -0.142. The number of rotatable bonds is 6. The molecule has 0 bridgehead atoms. The minimum atomic E-state index is -4.96. The molecule has 1 aliphatic heterocycles. The lowest BCUT2D eigenvalue weighted by Gasteiger charge is -2.43. The van der Waals surface area contributed by atoms with Crippen LogP contribution in [0.2, 0.25) is 0 Å². The van der Waals surface area contributed by atoms with E-state index in [-0.39, 0.29) is 31.4 Å². The number of carbonyl (C=O) groups is 1. The predicted molar refractivity (Wildman–Crippen MR) is 120 cm³/mol. The third-order valence-corrected chi connectivity index (χ3v) is 6.50. The zero-order chi connectivity index (χ0) is 28.5. The standard InChI is InChI=1S/C26H24F9NO2/c1-2-3-21(19-14-18(25(30,31)32)8-9-20(19)26(33,34)35)36-11-10-15(13-23(37)38)12-22(36)16-4-6-17(7-5-16)24(27,28)29/h4-9,13-14,21-22H,2-3,10-12H2,1H3,(H,37,38)/b15-13+. The number of likely N-dealkylation sites (tertiary alicyclic amines) is 1. The van der Waals surface area contributed by atoms with Gasteiger partial charge in [0.1, 0.15) is 0 Å². The molecule has 1 heterocycles. The zero-order valence-corrected chi connectivity index (χ0v) is 20.0. The summed E-state index contributed by atoms with van der Waals surface area (Å²) in [7, 11) is 0. The predicted octanol–water partition coefficient (Wildman–Crippen LogP) is 8.43. The number of carboxylic acid groups (broad SMARTS) is 1. The van der Waals surface area contributed by atoms with Crippen LogP contribution in [0.1, 0.15) is 72.5 Å². The smallest absolute Gasteiger partial charge is 0.416 e. The van der Waals surface area contributed by atoms with E-state index in [1.165, 1.54) is 4.90 Å². The highest BCUT2D eigenvalue weighted by molar-refractivity contribution is 5.80. The molecule has 208 valence electrons. The van der Waals surface area contributed by atoms with Crippen molar-refractivity contribution in [3.8, 4) is 0 Å². The SMILES string of the molecule is CCCC(c1cc(C(F)(F)F)ccc1C(F)(F)F)N1CC/C(=C\C(=O)O)CC1c1ccc(C(F)(F)F)cc1. The van der Waals surface area contributed by atoms with E-state index >= 15 is 0 Å². The Morgan fingerprint density at radius 2 is 1.53 bits per heavy atom. The van der Waals surface area contributed by atoms with Crippen LogP contribution >= 0.6 is 0 Å². The molecule has 1 aliphatic rings. The Morgan fingerprint density at radius 1 is 0.947 bits per heavy atom. The Bertz CT molecular complexity index is 1170. The first-order valence-corrected chi connectivity index (χ1v) is 11.7. The second-order valence-corrected chi connectivity index (χ2v) is 9.07. The molecule has 1 fully saturated rings. The number of alkyl halides is 9. The Kier molecular flexibility index (Phi) is 8.55. The van der Waals surface area contributed by atoms with Crippen LogP contribution in [-0.2, 0) is 23.3 Å². The van der Waals surface area contributed by atoms with E-state index in [0.717, 1.165) is 30.3 Å². The highest BCUT2D eigenvalue weighted by atomic mass is 19.4. The molecule has 1 saturated heterocycles. The summed E-state index contributed by atoms with van der Waals surface area (Å²) in [6, 6.07) is 3.14. The van der Waals surface area contributed by atoms with E-state index in [1.54, 1.807) is 6.92 Å². The van der Waals surface area contributed by atoms with Crippen molar-refractivity contribution in [2.45, 2.75) is 63.2 Å². The Labute approximate surface area is 212 Å². The van der Waals surface area contributed by atoms with Gasteiger partial charge in [0.2, 0.25) is 0 Å². The fourth-order valence-corrected chi connectivity index (χ4v) is 4.82. The Morgan fingerprint density at radius 3 is 2.03 bits per heavy atom. The lowest BCUT2D eigenvalue weighted by atomic mass is 9.85. The maximum Gasteiger partial charge on any atom is 0.416 e. The summed E-state index contributed by atoms with van der Waals surface area (Å²) in [5.41, 5.74) is -3.34. The molecule has 0 aromatic heterocycles. The van der Waals surface area contributed by atoms with Crippen LogP contribution < -0.4 is 0 Å². The van der Waals surface area contributed by atoms with Crippen molar-refractivity contribution in [3.63, 3.8) is 0 Å². The molecule has 2 atom stereocenters. The molecule has 2 unspecified atom stereocenters. The molecular weight excluding hydrogens is 529 g/mol. The zero-order valence-electron chi connectivity index (χ0n) is 20.0. The van der Waals surface area contributed by atoms with Crippen LogP contribution in [-0.4, -0.2) is 22.5 Å². The maximum absolute atomic E-state index is 13.9. The van der Waals surface area contributed by atoms with E-state index in [4.69, 9.17) is 0 Å². The molecule has 38 heavy (non-hydrogen) atoms. The highest BCUT2D eigenvalue weighted by Gasteiger charge is 2.41. The maximum atomic E-state index is 13.9. The van der Waals surface area contributed by atoms with Crippen LogP contribution in [0.5, 0.6) is 0 Å². The van der Waals surface area contributed by atoms with Gasteiger partial charge in [-0.2, -0.15) is 39.5 Å². The number of hydrogen-bond donors (Lipinski definition) is 1. The second kappa shape index (κ2) is 11.0. The monoisotopic (exact) mass is 553 g/mol. The van der Waals surface area contributed by atoms with E-state index < -0.39 is 58.8 Å². The minimum Gasteiger partial charge on any atom is -0.478 e. The number of halogens is 9. The fraction of sp³-hybridized carbons (Fsp3) is 0.423. The first kappa shape index (κ1) is 29.5. The summed E-state index contributed by atoms with van der Waals surface area (Å²) < 4.78 is 122. The summed E-state index contributed by atoms with van der Waals surface area (Å²) in [6.07, 6.45) is -13.1. The van der Waals surface area contributed by atoms with Crippen molar-refractivity contribution >= 4 is 5.97 Å². The molecule has 0 spiro atoms. The Balaban J connectivity index is 2.17. The number of carboxylic acids is 1. The van der Waals surface area contributed by atoms with Crippen molar-refractivity contribution < 1.29 is 49.4 Å². The average Bonchev–Trinajstić information content (AvgIpc) is 2.80. The molecule has 0 saturated carbocycles. The molecular formula is C26H24F9NO2. The van der Waals surface area contributed by atoms with Crippen LogP contribution in [0.25, 0.3) is 0 Å². The van der Waals surface area contributed by atoms with Gasteiger partial charge in [-0.25, -0.2) is 4.79 Å². The molecule has 0 amide bonds. The van der Waals surface area contributed by atoms with Crippen LogP contribution in [0.4, 0.5) is 39.5 Å². The summed E-state index contributed by atoms with van der Waals surface area (Å²) in [4.78, 5) is 12.8. The van der Waals surface area contributed by atoms with Gasteiger partial charge in [0.25, 0.3) is 0 Å². The molecule has 12 heteroatoms. The number of nitrogens with zero attached hydrogens (tertiary/aromatic N) is 1. The van der Waals surface area contributed by atoms with Gasteiger partial charge in [-0.3, -0.25) is 4.90 Å². The first-order chi connectivity index (χ1) is 17.5. The van der Waals surface area contributed by atoms with Gasteiger partial charge in [0, 0.05) is 24.7 Å². The fourth-order valence-electron chi connectivity index (χ4n) is 4.82. The largest absolute Gasteiger partial charge is 0.478 e. The molecule has 2 aromatic rings. The van der Waals surface area contributed by atoms with Crippen molar-refractivity contribution in [1.82, 2.24) is 4.90 Å². The third kappa shape index (κ3) is 6.89. The van der Waals surface area contributed by atoms with Crippen molar-refractivity contribution in [3.05, 3.63) is 81.9 Å². The van der Waals surface area contributed by atoms with E-state index in [9.17, 15) is 49.4 Å². The van der Waals surface area contributed by atoms with Crippen LogP contribution in [0.3, 0.4) is 0 Å². The van der Waals surface area contributed by atoms with Crippen molar-refractivity contribution in [2.24, 2.45) is 0 Å². The van der Waals surface area contributed by atoms with Crippen molar-refractivity contribution in [1.29, 1.82) is 0 Å². The number of piperidine rings is 1. The van der Waals surface area contributed by atoms with Gasteiger partial charge in [0.05, 0.1) is 16.7 Å². The summed E-state index contributed by atoms with van der Waals surface area (Å²) in [5.74, 6) is -1.26. The topological polar surface area (TPSA) is 40.5 Å². The molecule has 0 radical (unpaired) electrons. The van der Waals surface area contributed by atoms with E-state index in [0.29, 0.717) is 30.2 Å². The lowest BCUT2D eigenvalue weighted by Crippen LogP contribution is -2.38. The number of benzene rings is 2. The Hall–Kier alpha value is -3.02. The van der Waals surface area contributed by atoms with Crippen molar-refractivity contribution in [2.75, 3.05) is 6.54 Å². The summed E-state index contributed by atoms with van der Waals surface area (Å²) in [5, 5.41) is 9.17. The van der Waals surface area contributed by atoms with Gasteiger partial charge in [-0.1, -0.05) is 31.1 Å². The average molecular weight is 553 g/mol. The minimum absolute atomic E-state index is 0.0109. The van der Waals surface area contributed by atoms with Crippen LogP contribution in [0.15, 0.2) is 54.1 Å². The van der Waals surface area contributed by atoms with E-state index in [2.05, 4.69) is 0 Å². The van der Waals surface area contributed by atoms with Gasteiger partial charge >= 0.3 is 24.5 Å². The second-order valence-electron chi connectivity index (χ2n) is 9.07. The van der Waals surface area contributed by atoms with Gasteiger partial charge in [0.15, 0.2) is 0 Å². The summed E-state index contributed by atoms with van der Waals surface area (Å²) >= 11 is 0. The molecule has 1 N–H and O–H groups in total. The summed E-state index contributed by atoms with van der Waals surface area (Å²) in [6.45, 7) is 1.64. The van der Waals surface area contributed by atoms with Crippen LogP contribution in [0, 0.1) is 0 Å². The van der Waals surface area contributed by atoms with Gasteiger partial charge in [-0.15, -0.1) is 0 Å². The third-order valence-electron chi connectivity index (χ3n) is 6.50. The highest BCUT2D eigenvalue weighted by Crippen LogP contribution is 2.46. The number of aliphatic carboxylic acids is 1. The van der Waals surface area contributed by atoms with Gasteiger partial charge < -0.3 is 5.11 Å². The first-order valence-electron chi connectivity index (χ1n) is 11.7. The van der Waals surface area contributed by atoms with Gasteiger partial charge in [-0.05, 0) is 60.7 Å². The number of hydrogen-bond acceptors (Lipinski definition) is 2. The molecule has 2 aromatic carbocycles. The quantitative estimate of drug-likeness (QED) is 0.288. The molecule has 3 nitrogen and oxygen atoms in total. The van der Waals surface area contributed by atoms with E-state index in [1.807, 2.05) is 0 Å².